The van der Waals surface area contributed by atoms with Gasteiger partial charge in [-0.3, -0.25) is 9.78 Å². The highest BCUT2D eigenvalue weighted by Crippen LogP contribution is 2.07. The van der Waals surface area contributed by atoms with Crippen molar-refractivity contribution in [2.45, 2.75) is 0 Å². The molecule has 0 aromatic carbocycles. The van der Waals surface area contributed by atoms with Gasteiger partial charge >= 0.3 is 5.97 Å². The molecule has 0 unspecified atom stereocenters. The van der Waals surface area contributed by atoms with Crippen molar-refractivity contribution in [1.29, 1.82) is 0 Å². The first kappa shape index (κ1) is 11.1. The van der Waals surface area contributed by atoms with Crippen molar-refractivity contribution in [3.05, 3.63) is 24.0 Å². The molecule has 0 bridgehead atoms. The van der Waals surface area contributed by atoms with E-state index < -0.39 is 5.97 Å². The van der Waals surface area contributed by atoms with E-state index in [1.54, 1.807) is 0 Å². The van der Waals surface area contributed by atoms with Gasteiger partial charge in [0.2, 0.25) is 5.91 Å². The van der Waals surface area contributed by atoms with Crippen LogP contribution in [0.1, 0.15) is 10.4 Å². The molecule has 0 aliphatic rings. The third-order valence-corrected chi connectivity index (χ3v) is 1.54. The molecule has 1 amide bonds. The van der Waals surface area contributed by atoms with Gasteiger partial charge in [-0.25, -0.2) is 4.79 Å². The molecule has 1 aromatic heterocycles. The summed E-state index contributed by atoms with van der Waals surface area (Å²) in [7, 11) is 1.39. The van der Waals surface area contributed by atoms with Crippen molar-refractivity contribution in [1.82, 2.24) is 4.98 Å². The first-order chi connectivity index (χ1) is 7.13. The number of ether oxygens (including phenoxy) is 1. The lowest BCUT2D eigenvalue weighted by molar-refractivity contribution is -0.119. The number of hydrogen-bond donors (Lipinski definition) is 2. The summed E-state index contributed by atoms with van der Waals surface area (Å²) in [6.45, 7) is -0.0860. The van der Waals surface area contributed by atoms with Crippen molar-refractivity contribution in [2.75, 3.05) is 19.0 Å². The second-order valence-electron chi connectivity index (χ2n) is 2.75. The Labute approximate surface area is 85.9 Å². The lowest BCUT2D eigenvalue weighted by atomic mass is 10.2. The normalized spacial score (nSPS) is 9.67. The molecule has 0 aliphatic carbocycles. The van der Waals surface area contributed by atoms with Crippen molar-refractivity contribution in [3.63, 3.8) is 0 Å². The van der Waals surface area contributed by atoms with Crippen LogP contribution in [0.15, 0.2) is 18.5 Å². The second kappa shape index (κ2) is 5.06. The minimum atomic E-state index is -1.09. The van der Waals surface area contributed by atoms with Gasteiger partial charge < -0.3 is 15.2 Å². The molecule has 6 heteroatoms. The molecule has 1 rings (SSSR count). The van der Waals surface area contributed by atoms with Crippen molar-refractivity contribution < 1.29 is 19.4 Å². The number of aromatic nitrogens is 1. The molecule has 0 atom stereocenters. The van der Waals surface area contributed by atoms with Crippen LogP contribution in [0.25, 0.3) is 0 Å². The van der Waals surface area contributed by atoms with Gasteiger partial charge in [-0.15, -0.1) is 0 Å². The molecular weight excluding hydrogens is 200 g/mol. The Hall–Kier alpha value is -1.95. The number of carboxylic acid groups (broad SMARTS) is 1. The molecule has 6 nitrogen and oxygen atoms in total. The van der Waals surface area contributed by atoms with Gasteiger partial charge in [-0.05, 0) is 6.07 Å². The summed E-state index contributed by atoms with van der Waals surface area (Å²) >= 11 is 0. The average Bonchev–Trinajstić information content (AvgIpc) is 2.18. The Morgan fingerprint density at radius 2 is 2.27 bits per heavy atom. The number of methoxy groups -OCH3 is 1. The van der Waals surface area contributed by atoms with Crippen LogP contribution >= 0.6 is 0 Å². The number of aromatic carboxylic acids is 1. The standard InChI is InChI=1S/C9H10N2O4/c1-15-5-8(12)11-7-2-6(9(13)14)3-10-4-7/h2-4H,5H2,1H3,(H,11,12)(H,13,14). The van der Waals surface area contributed by atoms with E-state index in [-0.39, 0.29) is 18.1 Å². The number of carboxylic acids is 1. The average molecular weight is 210 g/mol. The Bertz CT molecular complexity index is 378. The van der Waals surface area contributed by atoms with Crippen LogP contribution in [0.5, 0.6) is 0 Å². The van der Waals surface area contributed by atoms with E-state index in [4.69, 9.17) is 5.11 Å². The largest absolute Gasteiger partial charge is 0.478 e. The molecule has 0 spiro atoms. The minimum absolute atomic E-state index is 0.0187. The zero-order valence-corrected chi connectivity index (χ0v) is 8.06. The number of carbonyl (C=O) groups is 2. The Morgan fingerprint density at radius 3 is 2.87 bits per heavy atom. The number of pyridine rings is 1. The second-order valence-corrected chi connectivity index (χ2v) is 2.75. The van der Waals surface area contributed by atoms with Gasteiger partial charge in [0, 0.05) is 13.3 Å². The fourth-order valence-corrected chi connectivity index (χ4v) is 0.953. The maximum Gasteiger partial charge on any atom is 0.337 e. The van der Waals surface area contributed by atoms with Gasteiger partial charge in [-0.2, -0.15) is 0 Å². The number of carbonyl (C=O) groups excluding carboxylic acids is 1. The number of rotatable bonds is 4. The minimum Gasteiger partial charge on any atom is -0.478 e. The Kier molecular flexibility index (Phi) is 3.75. The van der Waals surface area contributed by atoms with Crippen LogP contribution in [0, 0.1) is 0 Å². The summed E-state index contributed by atoms with van der Waals surface area (Å²) in [4.78, 5) is 25.4. The summed E-state index contributed by atoms with van der Waals surface area (Å²) in [6, 6.07) is 1.32. The molecule has 0 aliphatic heterocycles. The monoisotopic (exact) mass is 210 g/mol. The fraction of sp³-hybridized carbons (Fsp3) is 0.222. The topological polar surface area (TPSA) is 88.5 Å². The van der Waals surface area contributed by atoms with Crippen LogP contribution in [0.4, 0.5) is 5.69 Å². The van der Waals surface area contributed by atoms with Gasteiger partial charge in [-0.1, -0.05) is 0 Å². The lowest BCUT2D eigenvalue weighted by Crippen LogP contribution is -2.17. The molecule has 1 aromatic rings. The summed E-state index contributed by atoms with van der Waals surface area (Å²) in [5.41, 5.74) is 0.349. The molecule has 80 valence electrons. The molecule has 1 heterocycles. The highest BCUT2D eigenvalue weighted by molar-refractivity contribution is 5.93. The molecule has 0 radical (unpaired) electrons. The third-order valence-electron chi connectivity index (χ3n) is 1.54. The van der Waals surface area contributed by atoms with Gasteiger partial charge in [0.25, 0.3) is 0 Å². The summed E-state index contributed by atoms with van der Waals surface area (Å²) < 4.78 is 4.60. The van der Waals surface area contributed by atoms with Gasteiger partial charge in [0.1, 0.15) is 6.61 Å². The van der Waals surface area contributed by atoms with Crippen LogP contribution < -0.4 is 5.32 Å². The quantitative estimate of drug-likeness (QED) is 0.749. The SMILES string of the molecule is COCC(=O)Nc1cncc(C(=O)O)c1. The van der Waals surface area contributed by atoms with E-state index in [1.807, 2.05) is 0 Å². The lowest BCUT2D eigenvalue weighted by Gasteiger charge is -2.04. The zero-order chi connectivity index (χ0) is 11.3. The summed E-state index contributed by atoms with van der Waals surface area (Å²) in [6.07, 6.45) is 2.56. The number of hydrogen-bond acceptors (Lipinski definition) is 4. The van der Waals surface area contributed by atoms with Crippen LogP contribution in [0.2, 0.25) is 0 Å². The van der Waals surface area contributed by atoms with Crippen LogP contribution in [-0.4, -0.2) is 35.7 Å². The fourth-order valence-electron chi connectivity index (χ4n) is 0.953. The molecule has 2 N–H and O–H groups in total. The molecule has 0 fully saturated rings. The van der Waals surface area contributed by atoms with Crippen LogP contribution in [-0.2, 0) is 9.53 Å². The van der Waals surface area contributed by atoms with Crippen molar-refractivity contribution >= 4 is 17.6 Å². The van der Waals surface area contributed by atoms with E-state index in [0.717, 1.165) is 0 Å². The number of nitrogens with zero attached hydrogens (tertiary/aromatic N) is 1. The highest BCUT2D eigenvalue weighted by atomic mass is 16.5. The van der Waals surface area contributed by atoms with E-state index in [9.17, 15) is 9.59 Å². The van der Waals surface area contributed by atoms with E-state index >= 15 is 0 Å². The number of anilines is 1. The molecular formula is C9H10N2O4. The summed E-state index contributed by atoms with van der Waals surface area (Å²) in [5.74, 6) is -1.45. The predicted octanol–water partition coefficient (Wildman–Crippen LogP) is 0.365. The number of amides is 1. The molecule has 15 heavy (non-hydrogen) atoms. The third kappa shape index (κ3) is 3.35. The zero-order valence-electron chi connectivity index (χ0n) is 8.06. The van der Waals surface area contributed by atoms with E-state index in [1.165, 1.54) is 25.6 Å². The smallest absolute Gasteiger partial charge is 0.337 e. The Balaban J connectivity index is 2.73. The number of nitrogens with one attached hydrogen (secondary N) is 1. The predicted molar refractivity (Wildman–Crippen MR) is 51.7 cm³/mol. The maximum atomic E-state index is 11.1. The highest BCUT2D eigenvalue weighted by Gasteiger charge is 2.06. The maximum absolute atomic E-state index is 11.1. The summed E-state index contributed by atoms with van der Waals surface area (Å²) in [5, 5.41) is 11.1. The Morgan fingerprint density at radius 1 is 1.53 bits per heavy atom. The van der Waals surface area contributed by atoms with Crippen LogP contribution in [0.3, 0.4) is 0 Å². The molecule has 0 saturated carbocycles. The van der Waals surface area contributed by atoms with Gasteiger partial charge in [0.15, 0.2) is 0 Å². The van der Waals surface area contributed by atoms with E-state index in [2.05, 4.69) is 15.0 Å². The van der Waals surface area contributed by atoms with Crippen molar-refractivity contribution in [2.24, 2.45) is 0 Å². The molecule has 0 saturated heterocycles. The van der Waals surface area contributed by atoms with E-state index in [0.29, 0.717) is 5.69 Å². The van der Waals surface area contributed by atoms with Gasteiger partial charge in [0.05, 0.1) is 17.4 Å². The van der Waals surface area contributed by atoms with Crippen molar-refractivity contribution in [3.8, 4) is 0 Å². The first-order valence-electron chi connectivity index (χ1n) is 4.10. The first-order valence-corrected chi connectivity index (χ1v) is 4.10.